The van der Waals surface area contributed by atoms with Gasteiger partial charge in [-0.1, -0.05) is 24.0 Å². The molecule has 31 heavy (non-hydrogen) atoms. The molecule has 3 aliphatic rings. The number of carbonyl (C=O) groups is 3. The fourth-order valence-electron chi connectivity index (χ4n) is 3.36. The van der Waals surface area contributed by atoms with E-state index in [0.29, 0.717) is 34.3 Å². The Labute approximate surface area is 189 Å². The van der Waals surface area contributed by atoms with Gasteiger partial charge in [0.05, 0.1) is 17.0 Å². The largest absolute Gasteiger partial charge is 0.477 e. The molecule has 162 valence electrons. The molecule has 0 spiro atoms. The summed E-state index contributed by atoms with van der Waals surface area (Å²) in [4.78, 5) is 36.9. The zero-order chi connectivity index (χ0) is 22.1. The summed E-state index contributed by atoms with van der Waals surface area (Å²) < 4.78 is 1.38. The van der Waals surface area contributed by atoms with Gasteiger partial charge in [-0.25, -0.2) is 9.48 Å². The van der Waals surface area contributed by atoms with Gasteiger partial charge < -0.3 is 15.7 Å². The Balaban J connectivity index is 1.44. The fourth-order valence-corrected chi connectivity index (χ4v) is 6.11. The lowest BCUT2D eigenvalue weighted by Crippen LogP contribution is -2.70. The first-order valence-electron chi connectivity index (χ1n) is 9.12. The molecule has 2 aliphatic heterocycles. The summed E-state index contributed by atoms with van der Waals surface area (Å²) in [5.41, 5.74) is 0.550. The summed E-state index contributed by atoms with van der Waals surface area (Å²) >= 11 is 7.99. The van der Waals surface area contributed by atoms with Crippen LogP contribution >= 0.6 is 35.7 Å². The number of thioether (sulfide) groups is 2. The lowest BCUT2D eigenvalue weighted by atomic mass is 10.0. The van der Waals surface area contributed by atoms with Crippen LogP contribution in [0, 0.1) is 23.2 Å². The van der Waals surface area contributed by atoms with E-state index in [2.05, 4.69) is 32.2 Å². The number of β-lactam (4-membered cyclic amide) rings is 1. The Morgan fingerprint density at radius 1 is 1.52 bits per heavy atom. The highest BCUT2D eigenvalue weighted by molar-refractivity contribution is 8.01. The number of carboxylic acids is 1. The number of hydrogen-bond donors (Lipinski definition) is 3. The monoisotopic (exact) mass is 480 g/mol. The third kappa shape index (κ3) is 4.10. The summed E-state index contributed by atoms with van der Waals surface area (Å²) in [5.74, 6) is -0.974. The first kappa shape index (κ1) is 21.5. The van der Waals surface area contributed by atoms with Crippen LogP contribution < -0.4 is 10.6 Å². The topological polar surface area (TPSA) is 166 Å². The van der Waals surface area contributed by atoms with Crippen molar-refractivity contribution in [3.8, 4) is 6.07 Å². The molecule has 4 atom stereocenters. The van der Waals surface area contributed by atoms with Gasteiger partial charge >= 0.3 is 5.97 Å². The summed E-state index contributed by atoms with van der Waals surface area (Å²) in [6.45, 7) is 0.0893. The van der Waals surface area contributed by atoms with E-state index in [4.69, 9.17) is 17.5 Å². The Kier molecular flexibility index (Phi) is 6.12. The molecule has 1 saturated carbocycles. The van der Waals surface area contributed by atoms with Crippen LogP contribution in [0.3, 0.4) is 0 Å². The first-order chi connectivity index (χ1) is 15.0. The van der Waals surface area contributed by atoms with Crippen molar-refractivity contribution >= 4 is 59.0 Å². The van der Waals surface area contributed by atoms with Gasteiger partial charge in [0.1, 0.15) is 23.8 Å². The molecule has 1 unspecified atom stereocenters. The van der Waals surface area contributed by atoms with Crippen LogP contribution in [0.4, 0.5) is 0 Å². The Hall–Kier alpha value is -2.70. The van der Waals surface area contributed by atoms with Crippen molar-refractivity contribution in [3.05, 3.63) is 11.3 Å². The summed E-state index contributed by atoms with van der Waals surface area (Å²) in [6, 6.07) is 1.57. The highest BCUT2D eigenvalue weighted by Gasteiger charge is 2.55. The standard InChI is InChI=1S/C16H16N8O4S3/c17-2-7-1-9(7)12(29)19-10-13(26)24-11(15(27)28)8(3-30-14(10)24)4-31-16-20-21-22-23(16)5-18-6-25/h6-7,9-10,14H,1,3-5H2,(H,18,25)(H,19,29)(H,27,28)/t7-,9-,10?,14-/m0/s1. The van der Waals surface area contributed by atoms with Crippen LogP contribution in [-0.2, 0) is 21.1 Å². The molecule has 1 aromatic heterocycles. The Morgan fingerprint density at radius 2 is 2.32 bits per heavy atom. The van der Waals surface area contributed by atoms with E-state index in [9.17, 15) is 19.5 Å². The number of tetrazole rings is 1. The van der Waals surface area contributed by atoms with E-state index in [0.717, 1.165) is 0 Å². The average molecular weight is 481 g/mol. The second-order valence-corrected chi connectivity index (χ2v) is 9.45. The minimum atomic E-state index is -1.18. The molecule has 3 N–H and O–H groups in total. The van der Waals surface area contributed by atoms with Crippen molar-refractivity contribution in [1.82, 2.24) is 35.7 Å². The maximum atomic E-state index is 12.7. The number of nitrogens with one attached hydrogen (secondary N) is 2. The highest BCUT2D eigenvalue weighted by atomic mass is 32.2. The van der Waals surface area contributed by atoms with E-state index in [1.54, 1.807) is 0 Å². The lowest BCUT2D eigenvalue weighted by molar-refractivity contribution is -0.148. The van der Waals surface area contributed by atoms with Crippen LogP contribution in [0.15, 0.2) is 16.4 Å². The molecular formula is C16H16N8O4S3. The van der Waals surface area contributed by atoms with Crippen molar-refractivity contribution in [2.75, 3.05) is 11.5 Å². The van der Waals surface area contributed by atoms with Gasteiger partial charge in [0.2, 0.25) is 11.6 Å². The highest BCUT2D eigenvalue weighted by Crippen LogP contribution is 2.43. The van der Waals surface area contributed by atoms with Crippen LogP contribution in [0.1, 0.15) is 6.42 Å². The second-order valence-electron chi connectivity index (χ2n) is 6.96. The quantitative estimate of drug-likeness (QED) is 0.174. The number of fused-ring (bicyclic) bond motifs is 1. The molecule has 2 amide bonds. The van der Waals surface area contributed by atoms with Crippen LogP contribution in [0.5, 0.6) is 0 Å². The van der Waals surface area contributed by atoms with Gasteiger partial charge in [0.25, 0.3) is 5.91 Å². The number of nitrogens with zero attached hydrogens (tertiary/aromatic N) is 6. The van der Waals surface area contributed by atoms with E-state index in [1.807, 2.05) is 0 Å². The molecule has 4 rings (SSSR count). The Bertz CT molecular complexity index is 1020. The van der Waals surface area contributed by atoms with Gasteiger partial charge in [0, 0.05) is 17.4 Å². The third-order valence-electron chi connectivity index (χ3n) is 5.04. The molecule has 1 aliphatic carbocycles. The first-order valence-corrected chi connectivity index (χ1v) is 11.6. The normalized spacial score (nSPS) is 26.4. The van der Waals surface area contributed by atoms with E-state index < -0.39 is 12.0 Å². The number of amides is 2. The van der Waals surface area contributed by atoms with Gasteiger partial charge in [-0.2, -0.15) is 5.26 Å². The number of rotatable bonds is 9. The minimum Gasteiger partial charge on any atom is -0.477 e. The fraction of sp³-hybridized carbons (Fsp3) is 0.500. The second kappa shape index (κ2) is 8.81. The zero-order valence-corrected chi connectivity index (χ0v) is 18.2. The number of aromatic nitrogens is 4. The maximum absolute atomic E-state index is 12.7. The van der Waals surface area contributed by atoms with Gasteiger partial charge in [-0.3, -0.25) is 14.5 Å². The summed E-state index contributed by atoms with van der Waals surface area (Å²) in [6.07, 6.45) is 1.21. The van der Waals surface area contributed by atoms with E-state index in [1.165, 1.54) is 33.1 Å². The smallest absolute Gasteiger partial charge is 0.352 e. The Morgan fingerprint density at radius 3 is 3.00 bits per heavy atom. The molecule has 0 aromatic carbocycles. The molecule has 0 radical (unpaired) electrons. The molecule has 0 bridgehead atoms. The SMILES string of the molecule is N#C[C@@H]1C[C@@H]1C(=S)NC1C(=O)N2C(C(=O)O)=C(CSc3nnnn3CNC=O)CS[C@@H]12. The van der Waals surface area contributed by atoms with Crippen molar-refractivity contribution < 1.29 is 19.5 Å². The van der Waals surface area contributed by atoms with Gasteiger partial charge in [-0.15, -0.1) is 16.9 Å². The van der Waals surface area contributed by atoms with Crippen molar-refractivity contribution in [2.45, 2.75) is 29.7 Å². The van der Waals surface area contributed by atoms with Gasteiger partial charge in [-0.05, 0) is 22.4 Å². The predicted octanol–water partition coefficient (Wildman–Crippen LogP) is -0.832. The number of hydrogen-bond acceptors (Lipinski definition) is 10. The zero-order valence-electron chi connectivity index (χ0n) is 15.8. The van der Waals surface area contributed by atoms with Crippen molar-refractivity contribution in [1.29, 1.82) is 5.26 Å². The molecule has 1 saturated heterocycles. The molecule has 12 nitrogen and oxygen atoms in total. The predicted molar refractivity (Wildman–Crippen MR) is 112 cm³/mol. The van der Waals surface area contributed by atoms with E-state index >= 15 is 0 Å². The molecule has 15 heteroatoms. The van der Waals surface area contributed by atoms with Crippen LogP contribution in [-0.4, -0.2) is 76.4 Å². The molecule has 2 fully saturated rings. The summed E-state index contributed by atoms with van der Waals surface area (Å²) in [5, 5.41) is 35.4. The van der Waals surface area contributed by atoms with Gasteiger partial charge in [0.15, 0.2) is 0 Å². The van der Waals surface area contributed by atoms with Crippen LogP contribution in [0.2, 0.25) is 0 Å². The number of nitriles is 1. The molecule has 3 heterocycles. The molecule has 1 aromatic rings. The lowest BCUT2D eigenvalue weighted by Gasteiger charge is -2.49. The number of aliphatic carboxylic acids is 1. The third-order valence-corrected chi connectivity index (χ3v) is 7.84. The average Bonchev–Trinajstić information content (AvgIpc) is 3.43. The van der Waals surface area contributed by atoms with Crippen LogP contribution in [0.25, 0.3) is 0 Å². The summed E-state index contributed by atoms with van der Waals surface area (Å²) in [7, 11) is 0. The molecular weight excluding hydrogens is 464 g/mol. The van der Waals surface area contributed by atoms with E-state index in [-0.39, 0.29) is 41.2 Å². The van der Waals surface area contributed by atoms with Crippen molar-refractivity contribution in [3.63, 3.8) is 0 Å². The number of thiocarbonyl (C=S) groups is 1. The number of carboxylic acid groups (broad SMARTS) is 1. The number of carbonyl (C=O) groups excluding carboxylic acids is 2. The van der Waals surface area contributed by atoms with Crippen molar-refractivity contribution in [2.24, 2.45) is 11.8 Å². The minimum absolute atomic E-state index is 0.0309. The maximum Gasteiger partial charge on any atom is 0.352 e.